The number of Topliss-reactive ketones (excluding diaryl/α,β-unsaturated/α-hetero) is 1. The number of hydrogen-bond acceptors (Lipinski definition) is 1. The van der Waals surface area contributed by atoms with E-state index in [1.54, 1.807) is 6.07 Å². The first-order valence-corrected chi connectivity index (χ1v) is 5.77. The molecule has 0 fully saturated rings. The van der Waals surface area contributed by atoms with Gasteiger partial charge < -0.3 is 0 Å². The molecule has 0 heterocycles. The van der Waals surface area contributed by atoms with E-state index in [2.05, 4.69) is 15.9 Å². The Morgan fingerprint density at radius 2 is 2.14 bits per heavy atom. The molecule has 0 radical (unpaired) electrons. The fourth-order valence-corrected chi connectivity index (χ4v) is 1.61. The Hall–Kier alpha value is -0.410. The van der Waals surface area contributed by atoms with Gasteiger partial charge in [0.1, 0.15) is 5.82 Å². The number of rotatable bonds is 4. The molecule has 4 heteroatoms. The molecule has 1 nitrogen and oxygen atoms in total. The summed E-state index contributed by atoms with van der Waals surface area (Å²) in [7, 11) is 0. The van der Waals surface area contributed by atoms with Crippen LogP contribution in [0.15, 0.2) is 18.2 Å². The third-order valence-electron chi connectivity index (χ3n) is 1.76. The molecule has 0 aliphatic rings. The summed E-state index contributed by atoms with van der Waals surface area (Å²) in [5.74, 6) is -0.250. The first kappa shape index (κ1) is 11.7. The number of hydrogen-bond donors (Lipinski definition) is 0. The highest BCUT2D eigenvalue weighted by Crippen LogP contribution is 2.14. The largest absolute Gasteiger partial charge is 0.294 e. The van der Waals surface area contributed by atoms with Gasteiger partial charge in [0.15, 0.2) is 5.78 Å². The summed E-state index contributed by atoms with van der Waals surface area (Å²) in [5, 5.41) is 0.534. The van der Waals surface area contributed by atoms with Crippen molar-refractivity contribution in [2.45, 2.75) is 11.8 Å². The summed E-state index contributed by atoms with van der Waals surface area (Å²) >= 11 is 8.65. The number of carbonyl (C=O) groups is 1. The highest BCUT2D eigenvalue weighted by molar-refractivity contribution is 9.08. The Morgan fingerprint density at radius 3 is 2.71 bits per heavy atom. The molecule has 0 aliphatic carbocycles. The van der Waals surface area contributed by atoms with E-state index in [0.717, 1.165) is 5.56 Å². The van der Waals surface area contributed by atoms with Crippen molar-refractivity contribution in [2.24, 2.45) is 0 Å². The van der Waals surface area contributed by atoms with Crippen LogP contribution in [0.2, 0.25) is 0 Å². The van der Waals surface area contributed by atoms with Crippen LogP contribution in [0.25, 0.3) is 0 Å². The van der Waals surface area contributed by atoms with Crippen LogP contribution in [-0.2, 0) is 5.33 Å². The fraction of sp³-hybridized carbons (Fsp3) is 0.300. The van der Waals surface area contributed by atoms with Crippen molar-refractivity contribution in [1.82, 2.24) is 0 Å². The monoisotopic (exact) mass is 278 g/mol. The van der Waals surface area contributed by atoms with Crippen LogP contribution >= 0.6 is 27.5 Å². The predicted octanol–water partition coefficient (Wildman–Crippen LogP) is 3.53. The van der Waals surface area contributed by atoms with E-state index in [-0.39, 0.29) is 23.9 Å². The van der Waals surface area contributed by atoms with Crippen LogP contribution in [0.5, 0.6) is 0 Å². The van der Waals surface area contributed by atoms with E-state index in [0.29, 0.717) is 10.9 Å². The summed E-state index contributed by atoms with van der Waals surface area (Å²) in [6.45, 7) is 0. The van der Waals surface area contributed by atoms with Crippen molar-refractivity contribution in [2.75, 3.05) is 5.88 Å². The molecule has 0 atom stereocenters. The average molecular weight is 280 g/mol. The Bertz CT molecular complexity index is 341. The highest BCUT2D eigenvalue weighted by atomic mass is 79.9. The lowest BCUT2D eigenvalue weighted by Crippen LogP contribution is -2.01. The van der Waals surface area contributed by atoms with Gasteiger partial charge in [-0.05, 0) is 23.8 Å². The molecule has 0 saturated heterocycles. The van der Waals surface area contributed by atoms with Crippen molar-refractivity contribution >= 4 is 33.3 Å². The Balaban J connectivity index is 2.96. The summed E-state index contributed by atoms with van der Waals surface area (Å²) in [4.78, 5) is 11.4. The molecule has 0 bridgehead atoms. The van der Waals surface area contributed by atoms with Gasteiger partial charge in [-0.15, -0.1) is 11.6 Å². The molecular formula is C10H9BrClFO. The van der Waals surface area contributed by atoms with Crippen LogP contribution in [0.1, 0.15) is 22.3 Å². The number of benzene rings is 1. The van der Waals surface area contributed by atoms with Crippen LogP contribution in [0.3, 0.4) is 0 Å². The lowest BCUT2D eigenvalue weighted by molar-refractivity contribution is 0.0988. The zero-order valence-corrected chi connectivity index (χ0v) is 9.74. The van der Waals surface area contributed by atoms with E-state index in [4.69, 9.17) is 11.6 Å². The maximum absolute atomic E-state index is 13.0. The summed E-state index contributed by atoms with van der Waals surface area (Å²) in [6.07, 6.45) is 0.243. The highest BCUT2D eigenvalue weighted by Gasteiger charge is 2.07. The number of halogens is 3. The van der Waals surface area contributed by atoms with E-state index in [1.807, 2.05) is 0 Å². The Morgan fingerprint density at radius 1 is 1.43 bits per heavy atom. The minimum Gasteiger partial charge on any atom is -0.294 e. The normalized spacial score (nSPS) is 10.2. The van der Waals surface area contributed by atoms with Crippen molar-refractivity contribution in [1.29, 1.82) is 0 Å². The summed E-state index contributed by atoms with van der Waals surface area (Å²) in [6, 6.07) is 4.31. The van der Waals surface area contributed by atoms with Gasteiger partial charge in [-0.3, -0.25) is 4.79 Å². The molecule has 1 aromatic rings. The number of ketones is 1. The summed E-state index contributed by atoms with van der Waals surface area (Å²) in [5.41, 5.74) is 1.14. The van der Waals surface area contributed by atoms with Gasteiger partial charge in [0.05, 0.1) is 0 Å². The first-order chi connectivity index (χ1) is 6.67. The minimum absolute atomic E-state index is 0.123. The molecule has 0 aliphatic heterocycles. The van der Waals surface area contributed by atoms with Gasteiger partial charge in [0, 0.05) is 23.2 Å². The van der Waals surface area contributed by atoms with E-state index in [1.165, 1.54) is 12.1 Å². The van der Waals surface area contributed by atoms with Crippen LogP contribution in [0, 0.1) is 5.82 Å². The molecule has 0 saturated carbocycles. The van der Waals surface area contributed by atoms with E-state index in [9.17, 15) is 9.18 Å². The molecule has 0 aromatic heterocycles. The third-order valence-corrected chi connectivity index (χ3v) is 2.59. The van der Waals surface area contributed by atoms with Gasteiger partial charge in [-0.1, -0.05) is 15.9 Å². The van der Waals surface area contributed by atoms with Crippen LogP contribution in [0.4, 0.5) is 4.39 Å². The Labute approximate surface area is 95.4 Å². The molecule has 76 valence electrons. The second-order valence-electron chi connectivity index (χ2n) is 2.84. The van der Waals surface area contributed by atoms with E-state index >= 15 is 0 Å². The van der Waals surface area contributed by atoms with Gasteiger partial charge in [0.2, 0.25) is 0 Å². The molecule has 14 heavy (non-hydrogen) atoms. The standard InChI is InChI=1S/C10H9BrClFO/c11-6-7-3-8(5-9(13)4-7)10(14)1-2-12/h3-5H,1-2,6H2. The van der Waals surface area contributed by atoms with Gasteiger partial charge in [0.25, 0.3) is 0 Å². The molecule has 1 aromatic carbocycles. The van der Waals surface area contributed by atoms with E-state index < -0.39 is 0 Å². The fourth-order valence-electron chi connectivity index (χ4n) is 1.12. The number of alkyl halides is 2. The van der Waals surface area contributed by atoms with Gasteiger partial charge in [-0.25, -0.2) is 4.39 Å². The topological polar surface area (TPSA) is 17.1 Å². The molecule has 0 unspecified atom stereocenters. The summed E-state index contributed by atoms with van der Waals surface area (Å²) < 4.78 is 13.0. The second-order valence-corrected chi connectivity index (χ2v) is 3.78. The Kier molecular flexibility index (Phi) is 4.55. The zero-order chi connectivity index (χ0) is 10.6. The van der Waals surface area contributed by atoms with Gasteiger partial charge in [-0.2, -0.15) is 0 Å². The maximum atomic E-state index is 13.0. The number of carbonyl (C=O) groups excluding carboxylic acids is 1. The SMILES string of the molecule is O=C(CCCl)c1cc(F)cc(CBr)c1. The lowest BCUT2D eigenvalue weighted by atomic mass is 10.1. The molecular weight excluding hydrogens is 270 g/mol. The molecule has 0 amide bonds. The van der Waals surface area contributed by atoms with Crippen molar-refractivity contribution < 1.29 is 9.18 Å². The second kappa shape index (κ2) is 5.47. The predicted molar refractivity (Wildman–Crippen MR) is 58.7 cm³/mol. The lowest BCUT2D eigenvalue weighted by Gasteiger charge is -2.02. The van der Waals surface area contributed by atoms with Crippen LogP contribution in [-0.4, -0.2) is 11.7 Å². The third kappa shape index (κ3) is 3.07. The first-order valence-electron chi connectivity index (χ1n) is 4.12. The zero-order valence-electron chi connectivity index (χ0n) is 7.40. The molecule has 0 N–H and O–H groups in total. The average Bonchev–Trinajstić information content (AvgIpc) is 2.17. The van der Waals surface area contributed by atoms with Crippen molar-refractivity contribution in [3.8, 4) is 0 Å². The minimum atomic E-state index is -0.389. The van der Waals surface area contributed by atoms with Crippen molar-refractivity contribution in [3.05, 3.63) is 35.1 Å². The smallest absolute Gasteiger partial charge is 0.164 e. The quantitative estimate of drug-likeness (QED) is 0.609. The van der Waals surface area contributed by atoms with Crippen molar-refractivity contribution in [3.63, 3.8) is 0 Å². The van der Waals surface area contributed by atoms with Gasteiger partial charge >= 0.3 is 0 Å². The molecule has 0 spiro atoms. The molecule has 1 rings (SSSR count). The maximum Gasteiger partial charge on any atom is 0.164 e. The van der Waals surface area contributed by atoms with Crippen LogP contribution < -0.4 is 0 Å².